The summed E-state index contributed by atoms with van der Waals surface area (Å²) in [7, 11) is 2.96. The highest BCUT2D eigenvalue weighted by Gasteiger charge is 2.23. The summed E-state index contributed by atoms with van der Waals surface area (Å²) in [6.45, 7) is 0.733. The highest BCUT2D eigenvalue weighted by Crippen LogP contribution is 2.38. The Labute approximate surface area is 183 Å². The van der Waals surface area contributed by atoms with Crippen LogP contribution in [0.2, 0.25) is 0 Å². The number of aryl methyl sites for hydroxylation is 1. The first-order valence-electron chi connectivity index (χ1n) is 10.3. The molecule has 162 valence electrons. The number of amides is 1. The highest BCUT2D eigenvalue weighted by molar-refractivity contribution is 5.96. The van der Waals surface area contributed by atoms with Gasteiger partial charge in [0.25, 0.3) is 5.56 Å². The minimum absolute atomic E-state index is 0.102. The Bertz CT molecular complexity index is 1480. The van der Waals surface area contributed by atoms with Crippen LogP contribution >= 0.6 is 0 Å². The van der Waals surface area contributed by atoms with Crippen molar-refractivity contribution in [3.05, 3.63) is 81.3 Å². The molecular weight excluding hydrogens is 408 g/mol. The van der Waals surface area contributed by atoms with Gasteiger partial charge in [-0.3, -0.25) is 18.7 Å². The first-order chi connectivity index (χ1) is 15.5. The molecule has 0 saturated heterocycles. The Kier molecular flexibility index (Phi) is 4.66. The molecular formula is C23H22N6O3. The van der Waals surface area contributed by atoms with Gasteiger partial charge >= 0.3 is 5.69 Å². The number of fused-ring (bicyclic) bond motifs is 2. The van der Waals surface area contributed by atoms with Crippen molar-refractivity contribution in [2.75, 3.05) is 16.8 Å². The van der Waals surface area contributed by atoms with Gasteiger partial charge in [-0.05, 0) is 30.2 Å². The van der Waals surface area contributed by atoms with Crippen LogP contribution in [0, 0.1) is 0 Å². The van der Waals surface area contributed by atoms with Crippen molar-refractivity contribution in [3.63, 3.8) is 0 Å². The van der Waals surface area contributed by atoms with Crippen molar-refractivity contribution >= 4 is 34.1 Å². The van der Waals surface area contributed by atoms with E-state index in [4.69, 9.17) is 0 Å². The molecule has 2 aromatic heterocycles. The van der Waals surface area contributed by atoms with E-state index in [2.05, 4.69) is 27.3 Å². The molecule has 1 amide bonds. The van der Waals surface area contributed by atoms with Crippen molar-refractivity contribution < 1.29 is 4.79 Å². The third-order valence-corrected chi connectivity index (χ3v) is 5.89. The second kappa shape index (κ2) is 7.52. The zero-order valence-corrected chi connectivity index (χ0v) is 17.8. The molecule has 0 spiro atoms. The van der Waals surface area contributed by atoms with Crippen LogP contribution in [0.15, 0.2) is 64.4 Å². The molecule has 0 atom stereocenters. The van der Waals surface area contributed by atoms with Crippen LogP contribution in [-0.4, -0.2) is 31.1 Å². The predicted octanol–water partition coefficient (Wildman–Crippen LogP) is 1.77. The monoisotopic (exact) mass is 430 g/mol. The Morgan fingerprint density at radius 3 is 2.53 bits per heavy atom. The normalized spacial score (nSPS) is 12.9. The van der Waals surface area contributed by atoms with E-state index in [0.29, 0.717) is 5.69 Å². The van der Waals surface area contributed by atoms with E-state index in [1.807, 2.05) is 36.4 Å². The van der Waals surface area contributed by atoms with Gasteiger partial charge in [-0.1, -0.05) is 30.3 Å². The lowest BCUT2D eigenvalue weighted by Gasteiger charge is -2.23. The number of nitrogens with one attached hydrogen (secondary N) is 1. The topological polar surface area (TPSA) is 94.2 Å². The summed E-state index contributed by atoms with van der Waals surface area (Å²) in [6.07, 6.45) is 2.36. The maximum atomic E-state index is 12.9. The molecule has 32 heavy (non-hydrogen) atoms. The maximum Gasteiger partial charge on any atom is 0.332 e. The lowest BCUT2D eigenvalue weighted by atomic mass is 10.2. The van der Waals surface area contributed by atoms with Crippen LogP contribution in [0.4, 0.5) is 17.1 Å². The summed E-state index contributed by atoms with van der Waals surface area (Å²) in [5, 5.41) is 2.97. The van der Waals surface area contributed by atoms with Crippen molar-refractivity contribution in [1.29, 1.82) is 0 Å². The second-order valence-electron chi connectivity index (χ2n) is 7.85. The highest BCUT2D eigenvalue weighted by atomic mass is 16.2. The summed E-state index contributed by atoms with van der Waals surface area (Å²) in [4.78, 5) is 44.0. The molecule has 0 fully saturated rings. The van der Waals surface area contributed by atoms with Gasteiger partial charge in [0.05, 0.1) is 17.7 Å². The van der Waals surface area contributed by atoms with E-state index in [1.165, 1.54) is 28.1 Å². The number of hydrogen-bond acceptors (Lipinski definition) is 5. The van der Waals surface area contributed by atoms with Crippen molar-refractivity contribution in [2.45, 2.75) is 13.0 Å². The quantitative estimate of drug-likeness (QED) is 0.533. The number of anilines is 3. The van der Waals surface area contributed by atoms with Crippen molar-refractivity contribution in [3.8, 4) is 0 Å². The van der Waals surface area contributed by atoms with Gasteiger partial charge in [0, 0.05) is 26.3 Å². The molecule has 0 bridgehead atoms. The molecule has 0 saturated carbocycles. The number of benzene rings is 2. The number of para-hydroxylation sites is 3. The van der Waals surface area contributed by atoms with Crippen molar-refractivity contribution in [2.24, 2.45) is 14.1 Å². The zero-order valence-electron chi connectivity index (χ0n) is 17.8. The molecule has 4 aromatic rings. The van der Waals surface area contributed by atoms with Gasteiger partial charge in [-0.25, -0.2) is 9.78 Å². The van der Waals surface area contributed by atoms with Gasteiger partial charge in [-0.15, -0.1) is 0 Å². The van der Waals surface area contributed by atoms with Gasteiger partial charge in [0.15, 0.2) is 11.2 Å². The molecule has 9 nitrogen and oxygen atoms in total. The van der Waals surface area contributed by atoms with Crippen LogP contribution in [-0.2, 0) is 31.9 Å². The van der Waals surface area contributed by atoms with E-state index >= 15 is 0 Å². The van der Waals surface area contributed by atoms with Gasteiger partial charge < -0.3 is 14.8 Å². The second-order valence-corrected chi connectivity index (χ2v) is 7.85. The number of carbonyl (C=O) groups is 1. The Balaban J connectivity index is 1.45. The molecule has 0 radical (unpaired) electrons. The predicted molar refractivity (Wildman–Crippen MR) is 122 cm³/mol. The molecule has 9 heteroatoms. The lowest BCUT2D eigenvalue weighted by molar-refractivity contribution is -0.116. The molecule has 2 aromatic carbocycles. The fourth-order valence-corrected chi connectivity index (χ4v) is 4.26. The number of imidazole rings is 1. The average Bonchev–Trinajstić information content (AvgIpc) is 3.41. The minimum atomic E-state index is -0.484. The molecule has 5 rings (SSSR count). The molecule has 1 N–H and O–H groups in total. The number of hydrogen-bond donors (Lipinski definition) is 1. The third kappa shape index (κ3) is 3.09. The third-order valence-electron chi connectivity index (χ3n) is 5.89. The maximum absolute atomic E-state index is 12.9. The number of nitrogens with zero attached hydrogens (tertiary/aromatic N) is 5. The van der Waals surface area contributed by atoms with Crippen LogP contribution in [0.3, 0.4) is 0 Å². The Morgan fingerprint density at radius 2 is 1.72 bits per heavy atom. The number of aromatic nitrogens is 4. The fourth-order valence-electron chi connectivity index (χ4n) is 4.26. The Morgan fingerprint density at radius 1 is 1.00 bits per heavy atom. The SMILES string of the molecule is Cn1c(=O)c2c(ncn2CC(=O)Nc2ccccc2N2CCc3ccccc32)n(C)c1=O. The fraction of sp³-hybridized carbons (Fsp3) is 0.217. The van der Waals surface area contributed by atoms with E-state index in [1.54, 1.807) is 7.05 Å². The number of carbonyl (C=O) groups excluding carboxylic acids is 1. The molecule has 1 aliphatic rings. The average molecular weight is 430 g/mol. The van der Waals surface area contributed by atoms with Crippen LogP contribution < -0.4 is 21.5 Å². The lowest BCUT2D eigenvalue weighted by Crippen LogP contribution is -2.37. The molecule has 1 aliphatic heterocycles. The van der Waals surface area contributed by atoms with Gasteiger partial charge in [-0.2, -0.15) is 0 Å². The zero-order chi connectivity index (χ0) is 22.4. The van der Waals surface area contributed by atoms with E-state index in [9.17, 15) is 14.4 Å². The number of rotatable bonds is 4. The van der Waals surface area contributed by atoms with E-state index in [0.717, 1.165) is 28.9 Å². The largest absolute Gasteiger partial charge is 0.339 e. The minimum Gasteiger partial charge on any atom is -0.339 e. The van der Waals surface area contributed by atoms with Crippen LogP contribution in [0.25, 0.3) is 11.2 Å². The first-order valence-corrected chi connectivity index (χ1v) is 10.3. The summed E-state index contributed by atoms with van der Waals surface area (Å²) in [5.41, 5.74) is 3.55. The standard InChI is InChI=1S/C23H22N6O3/c1-26-21-20(22(31)27(2)23(26)32)28(14-24-21)13-19(30)25-16-8-4-6-10-18(16)29-12-11-15-7-3-5-9-17(15)29/h3-10,14H,11-13H2,1-2H3,(H,25,30). The van der Waals surface area contributed by atoms with Crippen molar-refractivity contribution in [1.82, 2.24) is 18.7 Å². The summed E-state index contributed by atoms with van der Waals surface area (Å²) in [6, 6.07) is 15.9. The molecule has 3 heterocycles. The van der Waals surface area contributed by atoms with Crippen LogP contribution in [0.5, 0.6) is 0 Å². The van der Waals surface area contributed by atoms with Crippen LogP contribution in [0.1, 0.15) is 5.56 Å². The molecule has 0 unspecified atom stereocenters. The van der Waals surface area contributed by atoms with E-state index < -0.39 is 11.2 Å². The first kappa shape index (κ1) is 19.8. The van der Waals surface area contributed by atoms with Gasteiger partial charge in [0.2, 0.25) is 5.91 Å². The summed E-state index contributed by atoms with van der Waals surface area (Å²) < 4.78 is 3.78. The Hall–Kier alpha value is -4.14. The smallest absolute Gasteiger partial charge is 0.332 e. The molecule has 0 aliphatic carbocycles. The summed E-state index contributed by atoms with van der Waals surface area (Å²) >= 11 is 0. The van der Waals surface area contributed by atoms with E-state index in [-0.39, 0.29) is 23.6 Å². The summed E-state index contributed by atoms with van der Waals surface area (Å²) in [5.74, 6) is -0.292. The van der Waals surface area contributed by atoms with Gasteiger partial charge in [0.1, 0.15) is 6.54 Å².